The Morgan fingerprint density at radius 3 is 2.20 bits per heavy atom. The van der Waals surface area contributed by atoms with E-state index >= 15 is 0 Å². The fourth-order valence-corrected chi connectivity index (χ4v) is 4.00. The van der Waals surface area contributed by atoms with Gasteiger partial charge in [-0.1, -0.05) is 41.4 Å². The van der Waals surface area contributed by atoms with Gasteiger partial charge in [-0.25, -0.2) is 4.83 Å². The van der Waals surface area contributed by atoms with Crippen molar-refractivity contribution >= 4 is 27.3 Å². The van der Waals surface area contributed by atoms with Crippen molar-refractivity contribution < 1.29 is 8.42 Å². The van der Waals surface area contributed by atoms with Gasteiger partial charge in [0.15, 0.2) is 0 Å². The molecule has 132 valence electrons. The van der Waals surface area contributed by atoms with Crippen LogP contribution in [0.4, 0.5) is 0 Å². The quantitative estimate of drug-likeness (QED) is 0.790. The molecule has 1 aliphatic carbocycles. The lowest BCUT2D eigenvalue weighted by atomic mass is 9.83. The molecule has 1 saturated carbocycles. The Labute approximate surface area is 154 Å². The van der Waals surface area contributed by atoms with Crippen molar-refractivity contribution in [2.45, 2.75) is 43.4 Å². The van der Waals surface area contributed by atoms with Gasteiger partial charge >= 0.3 is 0 Å². The van der Waals surface area contributed by atoms with Crippen LogP contribution in [0.1, 0.15) is 42.7 Å². The molecule has 3 rings (SSSR count). The summed E-state index contributed by atoms with van der Waals surface area (Å²) in [6.07, 6.45) is 3.52. The van der Waals surface area contributed by atoms with Gasteiger partial charge in [0, 0.05) is 10.7 Å². The molecule has 1 fully saturated rings. The van der Waals surface area contributed by atoms with Gasteiger partial charge in [-0.3, -0.25) is 0 Å². The molecule has 2 aromatic rings. The van der Waals surface area contributed by atoms with Crippen LogP contribution in [0, 0.1) is 6.92 Å². The number of aryl methyl sites for hydroxylation is 1. The molecule has 2 aromatic carbocycles. The van der Waals surface area contributed by atoms with Crippen LogP contribution in [0.15, 0.2) is 58.5 Å². The Balaban J connectivity index is 1.60. The largest absolute Gasteiger partial charge is 0.276 e. The van der Waals surface area contributed by atoms with Crippen molar-refractivity contribution in [3.63, 3.8) is 0 Å². The number of benzene rings is 2. The SMILES string of the molecule is Cc1ccc(S(=O)(=O)NN=C2CCC(c3ccc(Cl)cc3)CC2)cc1. The van der Waals surface area contributed by atoms with E-state index in [-0.39, 0.29) is 4.90 Å². The summed E-state index contributed by atoms with van der Waals surface area (Å²) in [5.74, 6) is 0.477. The average molecular weight is 377 g/mol. The first-order chi connectivity index (χ1) is 11.9. The molecule has 4 nitrogen and oxygen atoms in total. The summed E-state index contributed by atoms with van der Waals surface area (Å²) in [6, 6.07) is 14.7. The normalized spacial score (nSPS) is 18.0. The van der Waals surface area contributed by atoms with E-state index in [0.717, 1.165) is 42.0 Å². The molecule has 0 aliphatic heterocycles. The van der Waals surface area contributed by atoms with Gasteiger partial charge in [0.1, 0.15) is 0 Å². The minimum Gasteiger partial charge on any atom is -0.200 e. The van der Waals surface area contributed by atoms with E-state index in [9.17, 15) is 8.42 Å². The first-order valence-electron chi connectivity index (χ1n) is 8.33. The summed E-state index contributed by atoms with van der Waals surface area (Å²) >= 11 is 5.93. The monoisotopic (exact) mass is 376 g/mol. The molecule has 0 unspecified atom stereocenters. The molecule has 0 amide bonds. The number of hydrogen-bond donors (Lipinski definition) is 1. The van der Waals surface area contributed by atoms with Crippen molar-refractivity contribution in [3.05, 3.63) is 64.7 Å². The maximum atomic E-state index is 12.3. The number of hydrazone groups is 1. The highest BCUT2D eigenvalue weighted by Crippen LogP contribution is 2.32. The molecule has 0 heterocycles. The molecule has 0 aromatic heterocycles. The number of rotatable bonds is 4. The van der Waals surface area contributed by atoms with E-state index < -0.39 is 10.0 Å². The van der Waals surface area contributed by atoms with E-state index in [2.05, 4.69) is 22.1 Å². The van der Waals surface area contributed by atoms with Crippen LogP contribution in [-0.2, 0) is 10.0 Å². The summed E-state index contributed by atoms with van der Waals surface area (Å²) in [5.41, 5.74) is 3.20. The van der Waals surface area contributed by atoms with Gasteiger partial charge < -0.3 is 0 Å². The van der Waals surface area contributed by atoms with E-state index in [1.807, 2.05) is 19.1 Å². The molecule has 0 saturated heterocycles. The number of hydrogen-bond acceptors (Lipinski definition) is 3. The fourth-order valence-electron chi connectivity index (χ4n) is 3.03. The highest BCUT2D eigenvalue weighted by Gasteiger charge is 2.20. The third-order valence-electron chi connectivity index (χ3n) is 4.56. The fraction of sp³-hybridized carbons (Fsp3) is 0.316. The highest BCUT2D eigenvalue weighted by molar-refractivity contribution is 7.89. The third-order valence-corrected chi connectivity index (χ3v) is 6.04. The van der Waals surface area contributed by atoms with Crippen LogP contribution >= 0.6 is 11.6 Å². The Bertz CT molecular complexity index is 849. The average Bonchev–Trinajstić information content (AvgIpc) is 2.62. The summed E-state index contributed by atoms with van der Waals surface area (Å²) in [7, 11) is -3.60. The lowest BCUT2D eigenvalue weighted by Gasteiger charge is -2.23. The van der Waals surface area contributed by atoms with Crippen molar-refractivity contribution in [2.75, 3.05) is 0 Å². The summed E-state index contributed by atoms with van der Waals surface area (Å²) < 4.78 is 24.5. The van der Waals surface area contributed by atoms with Crippen LogP contribution in [0.2, 0.25) is 5.02 Å². The Hall–Kier alpha value is -1.85. The Morgan fingerprint density at radius 2 is 1.60 bits per heavy atom. The van der Waals surface area contributed by atoms with Gasteiger partial charge in [-0.05, 0) is 68.4 Å². The molecule has 1 N–H and O–H groups in total. The minimum atomic E-state index is -3.60. The van der Waals surface area contributed by atoms with Gasteiger partial charge in [-0.15, -0.1) is 0 Å². The first kappa shape index (κ1) is 18.0. The summed E-state index contributed by atoms with van der Waals surface area (Å²) in [6.45, 7) is 1.92. The van der Waals surface area contributed by atoms with E-state index in [4.69, 9.17) is 11.6 Å². The van der Waals surface area contributed by atoms with Crippen LogP contribution in [0.25, 0.3) is 0 Å². The molecule has 1 aliphatic rings. The smallest absolute Gasteiger partial charge is 0.200 e. The molecule has 0 radical (unpaired) electrons. The predicted molar refractivity (Wildman–Crippen MR) is 102 cm³/mol. The van der Waals surface area contributed by atoms with E-state index in [1.165, 1.54) is 5.56 Å². The maximum absolute atomic E-state index is 12.3. The molecule has 25 heavy (non-hydrogen) atoms. The zero-order valence-corrected chi connectivity index (χ0v) is 15.6. The maximum Gasteiger partial charge on any atom is 0.276 e. The molecule has 0 atom stereocenters. The van der Waals surface area contributed by atoms with Crippen LogP contribution in [0.3, 0.4) is 0 Å². The molecule has 0 bridgehead atoms. The van der Waals surface area contributed by atoms with Gasteiger partial charge in [-0.2, -0.15) is 13.5 Å². The molecular weight excluding hydrogens is 356 g/mol. The zero-order valence-electron chi connectivity index (χ0n) is 14.1. The number of halogens is 1. The van der Waals surface area contributed by atoms with Gasteiger partial charge in [0.25, 0.3) is 10.0 Å². The number of nitrogens with one attached hydrogen (secondary N) is 1. The third kappa shape index (κ3) is 4.61. The van der Waals surface area contributed by atoms with E-state index in [1.54, 1.807) is 24.3 Å². The van der Waals surface area contributed by atoms with Crippen LogP contribution in [0.5, 0.6) is 0 Å². The second-order valence-corrected chi connectivity index (χ2v) is 8.51. The van der Waals surface area contributed by atoms with E-state index in [0.29, 0.717) is 5.92 Å². The topological polar surface area (TPSA) is 58.5 Å². The van der Waals surface area contributed by atoms with Crippen molar-refractivity contribution in [2.24, 2.45) is 5.10 Å². The van der Waals surface area contributed by atoms with Crippen LogP contribution in [-0.4, -0.2) is 14.1 Å². The van der Waals surface area contributed by atoms with Crippen molar-refractivity contribution in [1.29, 1.82) is 0 Å². The molecule has 0 spiro atoms. The Morgan fingerprint density at radius 1 is 1.00 bits per heavy atom. The lowest BCUT2D eigenvalue weighted by molar-refractivity contribution is 0.560. The summed E-state index contributed by atoms with van der Waals surface area (Å²) in [5, 5.41) is 4.90. The van der Waals surface area contributed by atoms with Crippen LogP contribution < -0.4 is 4.83 Å². The Kier molecular flexibility index (Phi) is 5.45. The lowest BCUT2D eigenvalue weighted by Crippen LogP contribution is -2.22. The number of sulfonamides is 1. The predicted octanol–water partition coefficient (Wildman–Crippen LogP) is 4.64. The van der Waals surface area contributed by atoms with Crippen molar-refractivity contribution in [1.82, 2.24) is 4.83 Å². The molecule has 6 heteroatoms. The van der Waals surface area contributed by atoms with Crippen molar-refractivity contribution in [3.8, 4) is 0 Å². The standard InChI is InChI=1S/C19H21ClN2O2S/c1-14-2-12-19(13-3-14)25(23,24)22-21-18-10-6-16(7-11-18)15-4-8-17(20)9-5-15/h2-5,8-9,12-13,16,22H,6-7,10-11H2,1H3. The second kappa shape index (κ2) is 7.58. The first-order valence-corrected chi connectivity index (χ1v) is 10.2. The summed E-state index contributed by atoms with van der Waals surface area (Å²) in [4.78, 5) is 2.60. The highest BCUT2D eigenvalue weighted by atomic mass is 35.5. The zero-order chi connectivity index (χ0) is 17.9. The number of nitrogens with zero attached hydrogens (tertiary/aromatic N) is 1. The van der Waals surface area contributed by atoms with Gasteiger partial charge in [0.2, 0.25) is 0 Å². The molecular formula is C19H21ClN2O2S. The minimum absolute atomic E-state index is 0.234. The van der Waals surface area contributed by atoms with Gasteiger partial charge in [0.05, 0.1) is 4.90 Å². The second-order valence-electron chi connectivity index (χ2n) is 6.41.